The average molecular weight is 205 g/mol. The van der Waals surface area contributed by atoms with Gasteiger partial charge in [0, 0.05) is 10.9 Å². The van der Waals surface area contributed by atoms with Crippen molar-refractivity contribution >= 4 is 11.3 Å². The van der Waals surface area contributed by atoms with Crippen LogP contribution in [0, 0.1) is 0 Å². The number of phenols is 1. The molecule has 0 saturated carbocycles. The van der Waals surface area contributed by atoms with Gasteiger partial charge in [0.25, 0.3) is 0 Å². The molecule has 0 aliphatic carbocycles. The van der Waals surface area contributed by atoms with Gasteiger partial charge in [0.15, 0.2) is 0 Å². The minimum absolute atomic E-state index is 0.288. The van der Waals surface area contributed by atoms with Gasteiger partial charge in [-0.3, -0.25) is 0 Å². The third kappa shape index (κ3) is 1.77. The molecule has 0 aliphatic heterocycles. The Morgan fingerprint density at radius 2 is 2.29 bits per heavy atom. The van der Waals surface area contributed by atoms with Gasteiger partial charge in [-0.25, -0.2) is 4.98 Å². The second-order valence-corrected chi connectivity index (χ2v) is 3.91. The molecule has 0 amide bonds. The Bertz CT molecular complexity index is 436. The first-order valence-corrected chi connectivity index (χ1v) is 5.41. The third-order valence-electron chi connectivity index (χ3n) is 2.01. The molecule has 0 unspecified atom stereocenters. The first-order valence-electron chi connectivity index (χ1n) is 4.53. The summed E-state index contributed by atoms with van der Waals surface area (Å²) in [5.41, 5.74) is 2.09. The summed E-state index contributed by atoms with van der Waals surface area (Å²) < 4.78 is 0. The Morgan fingerprint density at radius 1 is 1.43 bits per heavy atom. The largest absolute Gasteiger partial charge is 0.508 e. The van der Waals surface area contributed by atoms with Gasteiger partial charge in [-0.05, 0) is 18.6 Å². The van der Waals surface area contributed by atoms with Gasteiger partial charge >= 0.3 is 0 Å². The first kappa shape index (κ1) is 9.21. The lowest BCUT2D eigenvalue weighted by Gasteiger charge is -1.96. The third-order valence-corrected chi connectivity index (χ3v) is 2.95. The van der Waals surface area contributed by atoms with E-state index in [1.165, 1.54) is 0 Å². The molecule has 0 aliphatic rings. The molecule has 2 aromatic rings. The highest BCUT2D eigenvalue weighted by molar-refractivity contribution is 7.13. The van der Waals surface area contributed by atoms with Crippen LogP contribution in [0.5, 0.6) is 5.75 Å². The fourth-order valence-corrected chi connectivity index (χ4v) is 2.14. The van der Waals surface area contributed by atoms with Crippen LogP contribution in [-0.2, 0) is 6.42 Å². The van der Waals surface area contributed by atoms with Crippen molar-refractivity contribution in [1.82, 2.24) is 4.98 Å². The van der Waals surface area contributed by atoms with E-state index < -0.39 is 0 Å². The van der Waals surface area contributed by atoms with Gasteiger partial charge in [0.1, 0.15) is 10.8 Å². The molecule has 72 valence electrons. The van der Waals surface area contributed by atoms with E-state index in [0.29, 0.717) is 0 Å². The van der Waals surface area contributed by atoms with Gasteiger partial charge < -0.3 is 5.11 Å². The molecule has 0 radical (unpaired) electrons. The number of aromatic hydroxyl groups is 1. The number of nitrogens with zero attached hydrogens (tertiary/aromatic N) is 1. The van der Waals surface area contributed by atoms with Crippen molar-refractivity contribution < 1.29 is 5.11 Å². The van der Waals surface area contributed by atoms with E-state index in [0.717, 1.165) is 22.7 Å². The lowest BCUT2D eigenvalue weighted by Crippen LogP contribution is -1.80. The predicted octanol–water partition coefficient (Wildman–Crippen LogP) is 3.08. The van der Waals surface area contributed by atoms with E-state index in [4.69, 9.17) is 0 Å². The van der Waals surface area contributed by atoms with Crippen LogP contribution in [0.1, 0.15) is 12.6 Å². The summed E-state index contributed by atoms with van der Waals surface area (Å²) in [4.78, 5) is 4.45. The highest BCUT2D eigenvalue weighted by Gasteiger charge is 2.03. The van der Waals surface area contributed by atoms with Crippen molar-refractivity contribution in [2.75, 3.05) is 0 Å². The quantitative estimate of drug-likeness (QED) is 0.817. The van der Waals surface area contributed by atoms with Crippen LogP contribution in [0.15, 0.2) is 29.6 Å². The lowest BCUT2D eigenvalue weighted by atomic mass is 10.2. The van der Waals surface area contributed by atoms with Gasteiger partial charge in [0.2, 0.25) is 0 Å². The van der Waals surface area contributed by atoms with Crippen LogP contribution in [0.4, 0.5) is 0 Å². The number of rotatable bonds is 2. The number of phenolic OH excluding ortho intramolecular Hbond substituents is 1. The summed E-state index contributed by atoms with van der Waals surface area (Å²) >= 11 is 1.61. The fraction of sp³-hybridized carbons (Fsp3) is 0.182. The van der Waals surface area contributed by atoms with Crippen LogP contribution in [-0.4, -0.2) is 10.1 Å². The number of aromatic nitrogens is 1. The van der Waals surface area contributed by atoms with Crippen molar-refractivity contribution in [1.29, 1.82) is 0 Å². The second-order valence-electron chi connectivity index (χ2n) is 3.05. The maximum atomic E-state index is 9.32. The number of hydrogen-bond donors (Lipinski definition) is 1. The molecule has 0 saturated heterocycles. The molecule has 0 bridgehead atoms. The number of hydrogen-bond acceptors (Lipinski definition) is 3. The zero-order chi connectivity index (χ0) is 9.97. The van der Waals surface area contributed by atoms with Crippen molar-refractivity contribution in [3.05, 3.63) is 35.3 Å². The number of thiazole rings is 1. The average Bonchev–Trinajstić information content (AvgIpc) is 2.66. The van der Waals surface area contributed by atoms with Crippen molar-refractivity contribution in [3.8, 4) is 16.3 Å². The number of benzene rings is 1. The van der Waals surface area contributed by atoms with Crippen molar-refractivity contribution in [3.63, 3.8) is 0 Å². The van der Waals surface area contributed by atoms with E-state index >= 15 is 0 Å². The SMILES string of the molecule is CCc1csc(-c2cccc(O)c2)n1. The van der Waals surface area contributed by atoms with E-state index in [-0.39, 0.29) is 5.75 Å². The maximum Gasteiger partial charge on any atom is 0.123 e. The molecule has 1 aromatic carbocycles. The first-order chi connectivity index (χ1) is 6.79. The molecular formula is C11H11NOS. The van der Waals surface area contributed by atoms with E-state index in [2.05, 4.69) is 17.3 Å². The topological polar surface area (TPSA) is 33.1 Å². The molecule has 0 fully saturated rings. The van der Waals surface area contributed by atoms with Gasteiger partial charge in [-0.15, -0.1) is 11.3 Å². The molecule has 0 atom stereocenters. The molecule has 1 heterocycles. The number of aryl methyl sites for hydroxylation is 1. The van der Waals surface area contributed by atoms with Crippen molar-refractivity contribution in [2.24, 2.45) is 0 Å². The standard InChI is InChI=1S/C11H11NOS/c1-2-9-7-14-11(12-9)8-4-3-5-10(13)6-8/h3-7,13H,2H2,1H3. The van der Waals surface area contributed by atoms with E-state index in [9.17, 15) is 5.11 Å². The Kier molecular flexibility index (Phi) is 2.50. The minimum Gasteiger partial charge on any atom is -0.508 e. The molecule has 14 heavy (non-hydrogen) atoms. The summed E-state index contributed by atoms with van der Waals surface area (Å²) in [7, 11) is 0. The molecule has 2 nitrogen and oxygen atoms in total. The smallest absolute Gasteiger partial charge is 0.123 e. The normalized spacial score (nSPS) is 10.4. The Labute approximate surface area is 86.9 Å². The monoisotopic (exact) mass is 205 g/mol. The van der Waals surface area contributed by atoms with Gasteiger partial charge in [-0.2, -0.15) is 0 Å². The summed E-state index contributed by atoms with van der Waals surface area (Å²) in [6, 6.07) is 7.19. The summed E-state index contributed by atoms with van der Waals surface area (Å²) in [5, 5.41) is 12.3. The fourth-order valence-electron chi connectivity index (χ4n) is 1.24. The zero-order valence-electron chi connectivity index (χ0n) is 7.90. The summed E-state index contributed by atoms with van der Waals surface area (Å²) in [6.07, 6.45) is 0.954. The highest BCUT2D eigenvalue weighted by Crippen LogP contribution is 2.26. The van der Waals surface area contributed by atoms with E-state index in [1.54, 1.807) is 23.5 Å². The minimum atomic E-state index is 0.288. The van der Waals surface area contributed by atoms with Gasteiger partial charge in [-0.1, -0.05) is 19.1 Å². The van der Waals surface area contributed by atoms with Crippen LogP contribution < -0.4 is 0 Å². The zero-order valence-corrected chi connectivity index (χ0v) is 8.71. The van der Waals surface area contributed by atoms with Gasteiger partial charge in [0.05, 0.1) is 5.69 Å². The molecule has 2 rings (SSSR count). The van der Waals surface area contributed by atoms with Crippen LogP contribution in [0.25, 0.3) is 10.6 Å². The Balaban J connectivity index is 2.39. The molecule has 0 spiro atoms. The molecule has 1 aromatic heterocycles. The Morgan fingerprint density at radius 3 is 2.93 bits per heavy atom. The summed E-state index contributed by atoms with van der Waals surface area (Å²) in [5.74, 6) is 0.288. The predicted molar refractivity (Wildman–Crippen MR) is 58.6 cm³/mol. The maximum absolute atomic E-state index is 9.32. The van der Waals surface area contributed by atoms with Crippen LogP contribution >= 0.6 is 11.3 Å². The van der Waals surface area contributed by atoms with Crippen LogP contribution in [0.2, 0.25) is 0 Å². The van der Waals surface area contributed by atoms with Crippen LogP contribution in [0.3, 0.4) is 0 Å². The Hall–Kier alpha value is -1.35. The van der Waals surface area contributed by atoms with Crippen molar-refractivity contribution in [2.45, 2.75) is 13.3 Å². The molecular weight excluding hydrogens is 194 g/mol. The second kappa shape index (κ2) is 3.80. The lowest BCUT2D eigenvalue weighted by molar-refractivity contribution is 0.475. The highest BCUT2D eigenvalue weighted by atomic mass is 32.1. The van der Waals surface area contributed by atoms with E-state index in [1.807, 2.05) is 12.1 Å². The summed E-state index contributed by atoms with van der Waals surface area (Å²) in [6.45, 7) is 2.08. The molecule has 3 heteroatoms. The molecule has 1 N–H and O–H groups in total.